The maximum atomic E-state index is 11.5. The molecule has 2 fully saturated rings. The normalized spacial score (nSPS) is 45.5. The number of carbonyl (C=O) groups excluding carboxylic acids is 1. The van der Waals surface area contributed by atoms with E-state index in [0.29, 0.717) is 17.8 Å². The lowest BCUT2D eigenvalue weighted by atomic mass is 9.76. The summed E-state index contributed by atoms with van der Waals surface area (Å²) < 4.78 is 4.68. The summed E-state index contributed by atoms with van der Waals surface area (Å²) in [6, 6.07) is 0. The summed E-state index contributed by atoms with van der Waals surface area (Å²) in [5.41, 5.74) is 0. The van der Waals surface area contributed by atoms with E-state index in [1.54, 1.807) is 0 Å². The van der Waals surface area contributed by atoms with Gasteiger partial charge in [-0.05, 0) is 36.5 Å². The molecular weight excluding hydrogens is 180 g/mol. The number of aliphatic hydroxyl groups is 1. The molecule has 2 bridgehead atoms. The maximum Gasteiger partial charge on any atom is 0.311 e. The Morgan fingerprint density at radius 1 is 1.36 bits per heavy atom. The maximum absolute atomic E-state index is 11.5. The third-order valence-corrected chi connectivity index (χ3v) is 4.41. The van der Waals surface area contributed by atoms with Crippen LogP contribution in [-0.4, -0.2) is 17.9 Å². The summed E-state index contributed by atoms with van der Waals surface area (Å²) in [4.78, 5) is 11.5. The van der Waals surface area contributed by atoms with Crippen molar-refractivity contribution in [3.05, 3.63) is 0 Å². The zero-order valence-corrected chi connectivity index (χ0v) is 8.77. The van der Waals surface area contributed by atoms with E-state index in [1.807, 2.05) is 0 Å². The second-order valence-electron chi connectivity index (χ2n) is 4.81. The minimum Gasteiger partial charge on any atom is -0.438 e. The molecule has 5 unspecified atom stereocenters. The van der Waals surface area contributed by atoms with E-state index in [9.17, 15) is 4.79 Å². The minimum atomic E-state index is -0.476. The van der Waals surface area contributed by atoms with Gasteiger partial charge >= 0.3 is 5.97 Å². The van der Waals surface area contributed by atoms with Gasteiger partial charge in [0.25, 0.3) is 0 Å². The predicted molar refractivity (Wildman–Crippen MR) is 51.2 cm³/mol. The number of hydrogen-bond donors (Lipinski definition) is 1. The first-order chi connectivity index (χ1) is 6.65. The van der Waals surface area contributed by atoms with E-state index >= 15 is 0 Å². The van der Waals surface area contributed by atoms with Crippen LogP contribution in [0.5, 0.6) is 0 Å². The van der Waals surface area contributed by atoms with E-state index < -0.39 is 6.79 Å². The Morgan fingerprint density at radius 2 is 2.07 bits per heavy atom. The smallest absolute Gasteiger partial charge is 0.311 e. The average molecular weight is 198 g/mol. The second kappa shape index (κ2) is 3.54. The Balaban J connectivity index is 2.02. The van der Waals surface area contributed by atoms with Gasteiger partial charge in [-0.2, -0.15) is 0 Å². The highest BCUT2D eigenvalue weighted by atomic mass is 16.6. The number of rotatable bonds is 2. The lowest BCUT2D eigenvalue weighted by molar-refractivity contribution is -0.159. The summed E-state index contributed by atoms with van der Waals surface area (Å²) in [5, 5.41) is 8.54. The third kappa shape index (κ3) is 1.34. The average Bonchev–Trinajstić information content (AvgIpc) is 2.68. The highest BCUT2D eigenvalue weighted by Crippen LogP contribution is 2.55. The number of carbonyl (C=O) groups is 1. The van der Waals surface area contributed by atoms with Crippen molar-refractivity contribution >= 4 is 5.97 Å². The quantitative estimate of drug-likeness (QED) is 0.539. The Kier molecular flexibility index (Phi) is 2.52. The van der Waals surface area contributed by atoms with Crippen molar-refractivity contribution in [3.8, 4) is 0 Å². The van der Waals surface area contributed by atoms with Gasteiger partial charge in [0.15, 0.2) is 6.79 Å². The lowest BCUT2D eigenvalue weighted by Crippen LogP contribution is -2.31. The van der Waals surface area contributed by atoms with Crippen LogP contribution in [0.4, 0.5) is 0 Å². The monoisotopic (exact) mass is 198 g/mol. The largest absolute Gasteiger partial charge is 0.438 e. The van der Waals surface area contributed by atoms with Crippen molar-refractivity contribution in [1.29, 1.82) is 0 Å². The van der Waals surface area contributed by atoms with Crippen molar-refractivity contribution in [3.63, 3.8) is 0 Å². The van der Waals surface area contributed by atoms with Crippen LogP contribution >= 0.6 is 0 Å². The van der Waals surface area contributed by atoms with Crippen LogP contribution in [0.25, 0.3) is 0 Å². The van der Waals surface area contributed by atoms with Crippen LogP contribution in [0.1, 0.15) is 26.7 Å². The van der Waals surface area contributed by atoms with Crippen molar-refractivity contribution < 1.29 is 14.6 Å². The Labute approximate surface area is 84.4 Å². The molecule has 14 heavy (non-hydrogen) atoms. The number of hydrogen-bond acceptors (Lipinski definition) is 3. The highest BCUT2D eigenvalue weighted by molar-refractivity contribution is 5.73. The fourth-order valence-electron chi connectivity index (χ4n) is 3.38. The first-order valence-electron chi connectivity index (χ1n) is 5.42. The molecule has 0 aromatic carbocycles. The molecule has 1 N–H and O–H groups in total. The molecule has 2 aliphatic rings. The highest BCUT2D eigenvalue weighted by Gasteiger charge is 2.51. The molecule has 2 aliphatic carbocycles. The van der Waals surface area contributed by atoms with Crippen LogP contribution in [0, 0.1) is 29.6 Å². The predicted octanol–water partition coefficient (Wildman–Crippen LogP) is 1.41. The van der Waals surface area contributed by atoms with Gasteiger partial charge in [-0.25, -0.2) is 0 Å². The van der Waals surface area contributed by atoms with Crippen molar-refractivity contribution in [2.75, 3.05) is 6.79 Å². The van der Waals surface area contributed by atoms with Crippen LogP contribution in [0.15, 0.2) is 0 Å². The fourth-order valence-corrected chi connectivity index (χ4v) is 3.38. The van der Waals surface area contributed by atoms with Crippen molar-refractivity contribution in [2.24, 2.45) is 29.6 Å². The van der Waals surface area contributed by atoms with Crippen LogP contribution in [0.2, 0.25) is 0 Å². The van der Waals surface area contributed by atoms with Gasteiger partial charge in [-0.1, -0.05) is 13.8 Å². The summed E-state index contributed by atoms with van der Waals surface area (Å²) in [5.74, 6) is 2.43. The molecule has 3 heteroatoms. The third-order valence-electron chi connectivity index (χ3n) is 4.41. The van der Waals surface area contributed by atoms with Crippen molar-refractivity contribution in [1.82, 2.24) is 0 Å². The van der Waals surface area contributed by atoms with Crippen LogP contribution < -0.4 is 0 Å². The molecule has 0 aliphatic heterocycles. The van der Waals surface area contributed by atoms with Crippen LogP contribution in [-0.2, 0) is 9.53 Å². The van der Waals surface area contributed by atoms with E-state index in [-0.39, 0.29) is 11.9 Å². The van der Waals surface area contributed by atoms with Gasteiger partial charge in [0, 0.05) is 0 Å². The molecule has 2 saturated carbocycles. The molecule has 0 saturated heterocycles. The summed E-state index contributed by atoms with van der Waals surface area (Å²) in [6.07, 6.45) is 2.14. The zero-order valence-electron chi connectivity index (χ0n) is 8.77. The second-order valence-corrected chi connectivity index (χ2v) is 4.81. The molecule has 2 rings (SSSR count). The fraction of sp³-hybridized carbons (Fsp3) is 0.909. The number of esters is 1. The van der Waals surface area contributed by atoms with Gasteiger partial charge in [-0.3, -0.25) is 4.79 Å². The van der Waals surface area contributed by atoms with Crippen molar-refractivity contribution in [2.45, 2.75) is 26.7 Å². The summed E-state index contributed by atoms with van der Waals surface area (Å²) >= 11 is 0. The molecule has 0 aromatic heterocycles. The van der Waals surface area contributed by atoms with E-state index in [2.05, 4.69) is 18.6 Å². The zero-order chi connectivity index (χ0) is 10.3. The molecule has 3 nitrogen and oxygen atoms in total. The number of fused-ring (bicyclic) bond motifs is 2. The van der Waals surface area contributed by atoms with E-state index in [4.69, 9.17) is 5.11 Å². The first-order valence-corrected chi connectivity index (χ1v) is 5.42. The lowest BCUT2D eigenvalue weighted by Gasteiger charge is -2.30. The SMILES string of the molecule is CC1C2CC(C(=O)OCO)C(C2)C1C. The van der Waals surface area contributed by atoms with E-state index in [0.717, 1.165) is 12.3 Å². The summed E-state index contributed by atoms with van der Waals surface area (Å²) in [6.45, 7) is 4.04. The first kappa shape index (κ1) is 9.97. The molecule has 5 atom stereocenters. The molecule has 0 aromatic rings. The molecule has 0 radical (unpaired) electrons. The van der Waals surface area contributed by atoms with E-state index in [1.165, 1.54) is 6.42 Å². The van der Waals surface area contributed by atoms with Crippen LogP contribution in [0.3, 0.4) is 0 Å². The molecule has 0 amide bonds. The molecule has 0 heterocycles. The molecular formula is C11H18O3. The number of ether oxygens (including phenoxy) is 1. The van der Waals surface area contributed by atoms with Gasteiger partial charge < -0.3 is 9.84 Å². The van der Waals surface area contributed by atoms with Gasteiger partial charge in [0.05, 0.1) is 5.92 Å². The number of aliphatic hydroxyl groups excluding tert-OH is 1. The Morgan fingerprint density at radius 3 is 2.57 bits per heavy atom. The van der Waals surface area contributed by atoms with Gasteiger partial charge in [0.2, 0.25) is 0 Å². The standard InChI is InChI=1S/C11H18O3/c1-6-7(2)9-3-8(6)4-10(9)11(13)14-5-12/h6-10,12H,3-5H2,1-2H3. The van der Waals surface area contributed by atoms with Gasteiger partial charge in [0.1, 0.15) is 0 Å². The van der Waals surface area contributed by atoms with Gasteiger partial charge in [-0.15, -0.1) is 0 Å². The Bertz CT molecular complexity index is 237. The molecule has 0 spiro atoms. The molecule has 80 valence electrons. The Hall–Kier alpha value is -0.570. The summed E-state index contributed by atoms with van der Waals surface area (Å²) in [7, 11) is 0. The minimum absolute atomic E-state index is 0.0540. The topological polar surface area (TPSA) is 46.5 Å².